The Morgan fingerprint density at radius 2 is 2.25 bits per heavy atom. The average Bonchev–Trinajstić information content (AvgIpc) is 2.60. The Kier molecular flexibility index (Phi) is 5.28. The summed E-state index contributed by atoms with van der Waals surface area (Å²) in [5.41, 5.74) is 5.67. The molecule has 6 heteroatoms. The smallest absolute Gasteiger partial charge is 0.469 e. The van der Waals surface area contributed by atoms with E-state index in [4.69, 9.17) is 15.9 Å². The zero-order valence-electron chi connectivity index (χ0n) is 9.99. The largest absolute Gasteiger partial charge is 1.00 e. The summed E-state index contributed by atoms with van der Waals surface area (Å²) < 4.78 is 5.40. The fraction of sp³-hybridized carbons (Fsp3) is 0.700. The van der Waals surface area contributed by atoms with E-state index in [-0.39, 0.29) is 57.2 Å². The summed E-state index contributed by atoms with van der Waals surface area (Å²) in [6, 6.07) is 0. The third kappa shape index (κ3) is 2.99. The molecular weight excluding hydrogens is 231 g/mol. The van der Waals surface area contributed by atoms with Gasteiger partial charge in [-0.3, -0.25) is 5.41 Å². The van der Waals surface area contributed by atoms with Gasteiger partial charge in [0.05, 0.1) is 6.61 Å². The second kappa shape index (κ2) is 5.84. The summed E-state index contributed by atoms with van der Waals surface area (Å²) in [4.78, 5) is 2.15. The van der Waals surface area contributed by atoms with Crippen LogP contribution in [0.5, 0.6) is 0 Å². The molecule has 2 aliphatic rings. The van der Waals surface area contributed by atoms with Crippen molar-refractivity contribution >= 4 is 5.84 Å². The molecule has 0 aromatic heterocycles. The molecule has 0 aliphatic carbocycles. The Balaban J connectivity index is 0.00000128. The normalized spacial score (nSPS) is 22.6. The Morgan fingerprint density at radius 1 is 1.56 bits per heavy atom. The number of nitrogens with one attached hydrogen (secondary N) is 1. The monoisotopic (exact) mass is 248 g/mol. The summed E-state index contributed by atoms with van der Waals surface area (Å²) in [5, 5.41) is 11.3. The minimum atomic E-state index is 0. The van der Waals surface area contributed by atoms with E-state index < -0.39 is 0 Å². The first-order chi connectivity index (χ1) is 7.15. The summed E-state index contributed by atoms with van der Waals surface area (Å²) >= 11 is 0. The van der Waals surface area contributed by atoms with E-state index in [0.29, 0.717) is 5.41 Å². The maximum Gasteiger partial charge on any atom is 1.00 e. The van der Waals surface area contributed by atoms with Crippen molar-refractivity contribution in [2.45, 2.75) is 6.42 Å². The third-order valence-electron chi connectivity index (χ3n) is 3.08. The maximum absolute atomic E-state index is 7.21. The molecule has 0 saturated carbocycles. The molecule has 5 nitrogen and oxygen atoms in total. The van der Waals surface area contributed by atoms with Gasteiger partial charge < -0.3 is 20.7 Å². The van der Waals surface area contributed by atoms with Crippen LogP contribution in [0.2, 0.25) is 0 Å². The van der Waals surface area contributed by atoms with Crippen molar-refractivity contribution in [3.63, 3.8) is 0 Å². The van der Waals surface area contributed by atoms with Gasteiger partial charge in [-0.25, -0.2) is 0 Å². The van der Waals surface area contributed by atoms with E-state index in [1.165, 1.54) is 0 Å². The van der Waals surface area contributed by atoms with Gasteiger partial charge >= 0.3 is 51.4 Å². The molecule has 0 amide bonds. The number of ether oxygens (including phenoxy) is 1. The number of nitrogens with zero attached hydrogens (tertiary/aromatic N) is 2. The van der Waals surface area contributed by atoms with Crippen LogP contribution in [-0.2, 0) is 4.74 Å². The van der Waals surface area contributed by atoms with Crippen LogP contribution in [0, 0.1) is 10.8 Å². The molecule has 2 aliphatic heterocycles. The Labute approximate surface area is 139 Å². The van der Waals surface area contributed by atoms with Crippen molar-refractivity contribution in [2.24, 2.45) is 11.1 Å². The molecule has 0 aromatic carbocycles. The van der Waals surface area contributed by atoms with Crippen LogP contribution in [0.3, 0.4) is 0 Å². The van der Waals surface area contributed by atoms with Crippen molar-refractivity contribution in [3.8, 4) is 0 Å². The van der Waals surface area contributed by atoms with Gasteiger partial charge in [-0.2, -0.15) is 0 Å². The minimum absolute atomic E-state index is 0. The zero-order valence-corrected chi connectivity index (χ0v) is 13.1. The first-order valence-corrected chi connectivity index (χ1v) is 5.13. The van der Waals surface area contributed by atoms with E-state index >= 15 is 0 Å². The Morgan fingerprint density at radius 3 is 2.69 bits per heavy atom. The van der Waals surface area contributed by atoms with E-state index in [0.717, 1.165) is 38.5 Å². The molecule has 2 fully saturated rings. The van der Waals surface area contributed by atoms with E-state index in [2.05, 4.69) is 10.2 Å². The standard InChI is InChI=1S/C10H17N4O.K/c1-13-9(4-8(11)12)14-5-10(6-14)2-3-15-7-10;/h4H,2-3,5-7H2,1H3,(H3,11,12);/q-1;+1/b9-4+;. The van der Waals surface area contributed by atoms with Crippen molar-refractivity contribution in [1.29, 1.82) is 5.41 Å². The summed E-state index contributed by atoms with van der Waals surface area (Å²) in [6.07, 6.45) is 2.74. The fourth-order valence-corrected chi connectivity index (χ4v) is 2.26. The number of hydrogen-bond acceptors (Lipinski definition) is 3. The van der Waals surface area contributed by atoms with Gasteiger partial charge in [0.1, 0.15) is 5.84 Å². The SMILES string of the molecule is C[N-]/C(=C\C(=N)N)N1CC2(CCOC2)C1.[K+]. The molecular formula is C10H17KN4O. The first kappa shape index (κ1) is 14.5. The maximum atomic E-state index is 7.21. The second-order valence-corrected chi connectivity index (χ2v) is 4.34. The molecule has 16 heavy (non-hydrogen) atoms. The van der Waals surface area contributed by atoms with Crippen LogP contribution in [0.15, 0.2) is 11.9 Å². The molecule has 1 spiro atoms. The van der Waals surface area contributed by atoms with Crippen LogP contribution < -0.4 is 57.1 Å². The van der Waals surface area contributed by atoms with E-state index in [9.17, 15) is 0 Å². The minimum Gasteiger partial charge on any atom is -0.469 e. The molecule has 3 N–H and O–H groups in total. The van der Waals surface area contributed by atoms with Gasteiger partial charge in [0.25, 0.3) is 0 Å². The summed E-state index contributed by atoms with van der Waals surface area (Å²) in [5.74, 6) is 0.860. The predicted molar refractivity (Wildman–Crippen MR) is 58.7 cm³/mol. The molecule has 0 bridgehead atoms. The summed E-state index contributed by atoms with van der Waals surface area (Å²) in [6.45, 7) is 3.69. The van der Waals surface area contributed by atoms with Crippen molar-refractivity contribution < 1.29 is 56.1 Å². The van der Waals surface area contributed by atoms with Crippen LogP contribution >= 0.6 is 0 Å². The summed E-state index contributed by atoms with van der Waals surface area (Å²) in [7, 11) is 1.73. The van der Waals surface area contributed by atoms with Crippen LogP contribution in [0.25, 0.3) is 5.32 Å². The van der Waals surface area contributed by atoms with Crippen LogP contribution in [0.1, 0.15) is 6.42 Å². The molecule has 2 saturated heterocycles. The predicted octanol–water partition coefficient (Wildman–Crippen LogP) is -2.51. The van der Waals surface area contributed by atoms with Gasteiger partial charge in [0, 0.05) is 6.61 Å². The molecule has 0 atom stereocenters. The van der Waals surface area contributed by atoms with Gasteiger partial charge in [0.2, 0.25) is 0 Å². The number of nitrogens with two attached hydrogens (primary N) is 1. The topological polar surface area (TPSA) is 76.4 Å². The number of rotatable bonds is 3. The van der Waals surface area contributed by atoms with Gasteiger partial charge in [-0.15, -0.1) is 0 Å². The van der Waals surface area contributed by atoms with Gasteiger partial charge in [0.15, 0.2) is 0 Å². The van der Waals surface area contributed by atoms with Crippen LogP contribution in [0.4, 0.5) is 0 Å². The zero-order chi connectivity index (χ0) is 10.9. The second-order valence-electron chi connectivity index (χ2n) is 4.34. The number of hydrogen-bond donors (Lipinski definition) is 2. The van der Waals surface area contributed by atoms with Crippen molar-refractivity contribution in [3.05, 3.63) is 17.2 Å². The average molecular weight is 248 g/mol. The van der Waals surface area contributed by atoms with E-state index in [1.54, 1.807) is 13.1 Å². The molecule has 84 valence electrons. The van der Waals surface area contributed by atoms with Crippen LogP contribution in [-0.4, -0.2) is 44.1 Å². The fourth-order valence-electron chi connectivity index (χ4n) is 2.26. The van der Waals surface area contributed by atoms with Crippen molar-refractivity contribution in [2.75, 3.05) is 33.4 Å². The van der Waals surface area contributed by atoms with E-state index in [1.807, 2.05) is 0 Å². The molecule has 2 heterocycles. The number of likely N-dealkylation sites (tertiary alicyclic amines) is 1. The van der Waals surface area contributed by atoms with Gasteiger partial charge in [-0.1, -0.05) is 12.9 Å². The Bertz CT molecular complexity index is 291. The quantitative estimate of drug-likeness (QED) is 0.329. The first-order valence-electron chi connectivity index (χ1n) is 5.13. The molecule has 0 aromatic rings. The molecule has 2 rings (SSSR count). The molecule has 0 unspecified atom stereocenters. The third-order valence-corrected chi connectivity index (χ3v) is 3.08. The van der Waals surface area contributed by atoms with Crippen molar-refractivity contribution in [1.82, 2.24) is 4.90 Å². The molecule has 0 radical (unpaired) electrons. The Hall–Kier alpha value is 0.406. The van der Waals surface area contributed by atoms with Gasteiger partial charge in [-0.05, 0) is 31.0 Å². The number of amidine groups is 1.